The molecule has 4 rings (SSSR count). The number of anilines is 1. The summed E-state index contributed by atoms with van der Waals surface area (Å²) in [6, 6.07) is 11.7. The van der Waals surface area contributed by atoms with Crippen LogP contribution < -0.4 is 10.1 Å². The Morgan fingerprint density at radius 2 is 1.89 bits per heavy atom. The number of piperidine rings is 1. The number of likely N-dealkylation sites (tertiary alicyclic amines) is 1. The Morgan fingerprint density at radius 3 is 2.56 bits per heavy atom. The van der Waals surface area contributed by atoms with Gasteiger partial charge in [-0.15, -0.1) is 0 Å². The quantitative estimate of drug-likeness (QED) is 0.897. The highest BCUT2D eigenvalue weighted by molar-refractivity contribution is 5.91. The summed E-state index contributed by atoms with van der Waals surface area (Å²) in [5, 5.41) is 3.04. The molecule has 2 heterocycles. The van der Waals surface area contributed by atoms with E-state index in [0.717, 1.165) is 13.1 Å². The van der Waals surface area contributed by atoms with Crippen LogP contribution in [0.3, 0.4) is 0 Å². The van der Waals surface area contributed by atoms with Crippen LogP contribution in [0, 0.1) is 11.8 Å². The highest BCUT2D eigenvalue weighted by Crippen LogP contribution is 2.39. The van der Waals surface area contributed by atoms with E-state index in [2.05, 4.69) is 29.3 Å². The molecule has 1 saturated carbocycles. The second kappa shape index (κ2) is 7.56. The van der Waals surface area contributed by atoms with Crippen molar-refractivity contribution in [1.82, 2.24) is 14.8 Å². The number of carbonyl (C=O) groups excluding carboxylic acids is 1. The van der Waals surface area contributed by atoms with Gasteiger partial charge in [0.2, 0.25) is 0 Å². The molecule has 6 heteroatoms. The number of benzene rings is 1. The normalized spacial score (nSPS) is 24.1. The number of amides is 2. The summed E-state index contributed by atoms with van der Waals surface area (Å²) in [5.74, 6) is 2.38. The monoisotopic (exact) mass is 366 g/mol. The third-order valence-electron chi connectivity index (χ3n) is 5.66. The number of aromatic nitrogens is 1. The number of carbonyl (C=O) groups is 1. The Bertz CT molecular complexity index is 782. The van der Waals surface area contributed by atoms with E-state index in [0.29, 0.717) is 35.1 Å². The van der Waals surface area contributed by atoms with Crippen molar-refractivity contribution in [3.63, 3.8) is 0 Å². The van der Waals surface area contributed by atoms with E-state index < -0.39 is 0 Å². The Hall–Kier alpha value is -2.60. The largest absolute Gasteiger partial charge is 0.454 e. The molecule has 1 aliphatic carbocycles. The number of fused-ring (bicyclic) bond motifs is 2. The maximum Gasteiger partial charge on any atom is 0.321 e. The molecule has 2 unspecified atom stereocenters. The molecule has 2 bridgehead atoms. The lowest BCUT2D eigenvalue weighted by molar-refractivity contribution is 0.0953. The molecule has 2 amide bonds. The Labute approximate surface area is 160 Å². The zero-order chi connectivity index (χ0) is 18.8. The summed E-state index contributed by atoms with van der Waals surface area (Å²) >= 11 is 0. The molecule has 2 aliphatic rings. The lowest BCUT2D eigenvalue weighted by Crippen LogP contribution is -2.53. The summed E-state index contributed by atoms with van der Waals surface area (Å²) in [6.07, 6.45) is 5.77. The van der Waals surface area contributed by atoms with E-state index in [1.54, 1.807) is 12.4 Å². The van der Waals surface area contributed by atoms with Crippen LogP contribution in [0.4, 0.5) is 10.5 Å². The second-order valence-corrected chi connectivity index (χ2v) is 7.67. The van der Waals surface area contributed by atoms with Crippen molar-refractivity contribution < 1.29 is 9.53 Å². The van der Waals surface area contributed by atoms with Crippen LogP contribution in [0.25, 0.3) is 0 Å². The van der Waals surface area contributed by atoms with Crippen molar-refractivity contribution in [1.29, 1.82) is 0 Å². The number of hydrogen-bond acceptors (Lipinski definition) is 4. The molecular weight excluding hydrogens is 340 g/mol. The zero-order valence-corrected chi connectivity index (χ0v) is 15.8. The van der Waals surface area contributed by atoms with Gasteiger partial charge in [0, 0.05) is 25.3 Å². The minimum Gasteiger partial charge on any atom is -0.454 e. The van der Waals surface area contributed by atoms with Crippen LogP contribution in [0.5, 0.6) is 11.5 Å². The zero-order valence-electron chi connectivity index (χ0n) is 15.8. The number of hydrogen-bond donors (Lipinski definition) is 1. The Kier molecular flexibility index (Phi) is 4.99. The molecule has 1 aromatic heterocycles. The van der Waals surface area contributed by atoms with Crippen LogP contribution in [0.15, 0.2) is 48.8 Å². The molecule has 27 heavy (non-hydrogen) atoms. The van der Waals surface area contributed by atoms with E-state index in [9.17, 15) is 4.79 Å². The van der Waals surface area contributed by atoms with E-state index in [-0.39, 0.29) is 6.03 Å². The summed E-state index contributed by atoms with van der Waals surface area (Å²) in [7, 11) is 4.30. The molecule has 142 valence electrons. The van der Waals surface area contributed by atoms with Gasteiger partial charge in [-0.05, 0) is 63.0 Å². The molecule has 1 saturated heterocycles. The van der Waals surface area contributed by atoms with E-state index in [4.69, 9.17) is 4.74 Å². The molecule has 1 aliphatic heterocycles. The molecule has 1 aromatic carbocycles. The second-order valence-electron chi connectivity index (χ2n) is 7.67. The minimum absolute atomic E-state index is 0.0497. The average Bonchev–Trinajstić information content (AvgIpc) is 2.94. The lowest BCUT2D eigenvalue weighted by atomic mass is 9.91. The fourth-order valence-corrected chi connectivity index (χ4v) is 4.59. The number of nitrogens with one attached hydrogen (secondary N) is 1. The topological polar surface area (TPSA) is 57.7 Å². The smallest absolute Gasteiger partial charge is 0.321 e. The number of rotatable bonds is 4. The lowest BCUT2D eigenvalue weighted by Gasteiger charge is -2.41. The van der Waals surface area contributed by atoms with Gasteiger partial charge >= 0.3 is 6.03 Å². The molecule has 0 spiro atoms. The number of para-hydroxylation sites is 2. The third-order valence-corrected chi connectivity index (χ3v) is 5.66. The fraction of sp³-hybridized carbons (Fsp3) is 0.429. The van der Waals surface area contributed by atoms with Gasteiger partial charge in [-0.1, -0.05) is 12.1 Å². The number of urea groups is 1. The predicted molar refractivity (Wildman–Crippen MR) is 105 cm³/mol. The standard InChI is InChI=1S/C21H26N4O2/c1-24(2)20-15-9-10-16(20)14-25(13-15)21(26)23-18-7-3-4-8-19(18)27-17-6-5-11-22-12-17/h3-8,11-12,15-16,20H,9-10,13-14H2,1-2H3,(H,23,26). The first-order valence-electron chi connectivity index (χ1n) is 9.51. The van der Waals surface area contributed by atoms with Crippen LogP contribution >= 0.6 is 0 Å². The van der Waals surface area contributed by atoms with Gasteiger partial charge in [0.15, 0.2) is 5.75 Å². The number of ether oxygens (including phenoxy) is 1. The van der Waals surface area contributed by atoms with Crippen molar-refractivity contribution in [3.05, 3.63) is 48.8 Å². The van der Waals surface area contributed by atoms with Crippen LogP contribution in [0.1, 0.15) is 12.8 Å². The van der Waals surface area contributed by atoms with Crippen LogP contribution in [-0.4, -0.2) is 54.0 Å². The fourth-order valence-electron chi connectivity index (χ4n) is 4.59. The molecule has 2 fully saturated rings. The molecular formula is C21H26N4O2. The maximum atomic E-state index is 12.9. The van der Waals surface area contributed by atoms with Gasteiger partial charge in [0.25, 0.3) is 0 Å². The van der Waals surface area contributed by atoms with Gasteiger partial charge in [0.1, 0.15) is 5.75 Å². The Balaban J connectivity index is 1.45. The van der Waals surface area contributed by atoms with Gasteiger partial charge in [-0.3, -0.25) is 4.98 Å². The minimum atomic E-state index is -0.0497. The molecule has 1 N–H and O–H groups in total. The number of nitrogens with zero attached hydrogens (tertiary/aromatic N) is 3. The SMILES string of the molecule is CN(C)C1C2CCC1CN(C(=O)Nc1ccccc1Oc1cccnc1)C2. The van der Waals surface area contributed by atoms with Crippen molar-refractivity contribution in [2.45, 2.75) is 18.9 Å². The van der Waals surface area contributed by atoms with Crippen molar-refractivity contribution in [3.8, 4) is 11.5 Å². The molecule has 0 radical (unpaired) electrons. The Morgan fingerprint density at radius 1 is 1.15 bits per heavy atom. The van der Waals surface area contributed by atoms with Crippen molar-refractivity contribution >= 4 is 11.7 Å². The highest BCUT2D eigenvalue weighted by atomic mass is 16.5. The first-order chi connectivity index (χ1) is 13.1. The van der Waals surface area contributed by atoms with E-state index >= 15 is 0 Å². The number of pyridine rings is 1. The molecule has 2 atom stereocenters. The summed E-state index contributed by atoms with van der Waals surface area (Å²) in [6.45, 7) is 1.63. The van der Waals surface area contributed by atoms with Crippen LogP contribution in [-0.2, 0) is 0 Å². The van der Waals surface area contributed by atoms with E-state index in [1.165, 1.54) is 12.8 Å². The predicted octanol–water partition coefficient (Wildman–Crippen LogP) is 3.68. The summed E-state index contributed by atoms with van der Waals surface area (Å²) in [5.41, 5.74) is 0.674. The average molecular weight is 366 g/mol. The van der Waals surface area contributed by atoms with Crippen LogP contribution in [0.2, 0.25) is 0 Å². The first kappa shape index (κ1) is 17.8. The van der Waals surface area contributed by atoms with Gasteiger partial charge in [-0.2, -0.15) is 0 Å². The molecule has 6 nitrogen and oxygen atoms in total. The maximum absolute atomic E-state index is 12.9. The third kappa shape index (κ3) is 3.76. The van der Waals surface area contributed by atoms with Gasteiger partial charge in [-0.25, -0.2) is 4.79 Å². The van der Waals surface area contributed by atoms with Crippen molar-refractivity contribution in [2.75, 3.05) is 32.5 Å². The summed E-state index contributed by atoms with van der Waals surface area (Å²) in [4.78, 5) is 21.3. The summed E-state index contributed by atoms with van der Waals surface area (Å²) < 4.78 is 5.90. The molecule has 2 aromatic rings. The van der Waals surface area contributed by atoms with Gasteiger partial charge < -0.3 is 19.9 Å². The highest BCUT2D eigenvalue weighted by Gasteiger charge is 2.44. The first-order valence-corrected chi connectivity index (χ1v) is 9.51. The van der Waals surface area contributed by atoms with Gasteiger partial charge in [0.05, 0.1) is 11.9 Å². The van der Waals surface area contributed by atoms with E-state index in [1.807, 2.05) is 41.3 Å². The van der Waals surface area contributed by atoms with Crippen molar-refractivity contribution in [2.24, 2.45) is 11.8 Å².